The molecule has 1 amide bonds. The maximum absolute atomic E-state index is 12.7. The van der Waals surface area contributed by atoms with Crippen LogP contribution in [0.2, 0.25) is 0 Å². The van der Waals surface area contributed by atoms with Crippen molar-refractivity contribution >= 4 is 28.3 Å². The van der Waals surface area contributed by atoms with Gasteiger partial charge < -0.3 is 10.6 Å². The lowest BCUT2D eigenvalue weighted by Crippen LogP contribution is -2.54. The summed E-state index contributed by atoms with van der Waals surface area (Å²) in [6.45, 7) is 6.72. The number of nitrogens with two attached hydrogens (primary N) is 1. The molecule has 6 nitrogen and oxygen atoms in total. The van der Waals surface area contributed by atoms with Crippen molar-refractivity contribution in [2.75, 3.05) is 26.2 Å². The Bertz CT molecular complexity index is 774. The first kappa shape index (κ1) is 23.1. The summed E-state index contributed by atoms with van der Waals surface area (Å²) in [5.74, 6) is 0.0709. The Hall–Kier alpha value is -1.15. The number of amides is 1. The summed E-state index contributed by atoms with van der Waals surface area (Å²) in [7, 11) is -3.43. The molecule has 28 heavy (non-hydrogen) atoms. The van der Waals surface area contributed by atoms with E-state index >= 15 is 0 Å². The Morgan fingerprint density at radius 3 is 2.29 bits per heavy atom. The monoisotopic (exact) mass is 429 g/mol. The zero-order chi connectivity index (χ0) is 19.7. The zero-order valence-electron chi connectivity index (χ0n) is 16.8. The van der Waals surface area contributed by atoms with Gasteiger partial charge in [-0.2, -0.15) is 4.31 Å². The van der Waals surface area contributed by atoms with E-state index in [1.165, 1.54) is 0 Å². The molecule has 3 rings (SSSR count). The molecular weight excluding hydrogens is 398 g/mol. The number of piperidine rings is 2. The van der Waals surface area contributed by atoms with Crippen molar-refractivity contribution in [2.24, 2.45) is 11.1 Å². The van der Waals surface area contributed by atoms with E-state index in [-0.39, 0.29) is 36.2 Å². The lowest BCUT2D eigenvalue weighted by molar-refractivity contribution is -0.133. The molecule has 2 fully saturated rings. The first-order valence-electron chi connectivity index (χ1n) is 9.82. The van der Waals surface area contributed by atoms with Crippen LogP contribution < -0.4 is 5.73 Å². The van der Waals surface area contributed by atoms with Gasteiger partial charge in [0.1, 0.15) is 0 Å². The number of nitrogens with zero attached hydrogens (tertiary/aromatic N) is 2. The molecule has 0 saturated carbocycles. The number of halogens is 1. The molecule has 8 heteroatoms. The lowest BCUT2D eigenvalue weighted by Gasteiger charge is -2.42. The number of sulfonamides is 1. The molecule has 1 atom stereocenters. The topological polar surface area (TPSA) is 83.7 Å². The SMILES string of the molecule is CC1(C)CN(C(=O)Cc2ccc(S(=O)(=O)N3CCCCC3)cc2)CCC1N.Cl. The van der Waals surface area contributed by atoms with Crippen LogP contribution in [0.3, 0.4) is 0 Å². The van der Waals surface area contributed by atoms with Crippen LogP contribution in [0, 0.1) is 5.41 Å². The summed E-state index contributed by atoms with van der Waals surface area (Å²) >= 11 is 0. The van der Waals surface area contributed by atoms with Crippen LogP contribution in [0.4, 0.5) is 0 Å². The average Bonchev–Trinajstić information content (AvgIpc) is 2.65. The smallest absolute Gasteiger partial charge is 0.243 e. The van der Waals surface area contributed by atoms with Crippen molar-refractivity contribution in [1.29, 1.82) is 0 Å². The highest BCUT2D eigenvalue weighted by Gasteiger charge is 2.35. The van der Waals surface area contributed by atoms with Crippen molar-refractivity contribution in [3.05, 3.63) is 29.8 Å². The van der Waals surface area contributed by atoms with Gasteiger partial charge in [0, 0.05) is 32.2 Å². The molecule has 0 radical (unpaired) electrons. The standard InChI is InChI=1S/C20H31N3O3S.ClH/c1-20(2)15-22(13-10-18(20)21)19(24)14-16-6-8-17(9-7-16)27(25,26)23-11-4-3-5-12-23;/h6-9,18H,3-5,10-15,21H2,1-2H3;1H. The van der Waals surface area contributed by atoms with Crippen LogP contribution in [0.15, 0.2) is 29.2 Å². The summed E-state index contributed by atoms with van der Waals surface area (Å²) < 4.78 is 27.0. The average molecular weight is 430 g/mol. The van der Waals surface area contributed by atoms with E-state index in [0.717, 1.165) is 31.2 Å². The Kier molecular flexibility index (Phi) is 7.53. The molecule has 2 aliphatic heterocycles. The fourth-order valence-corrected chi connectivity index (χ4v) is 5.42. The van der Waals surface area contributed by atoms with Crippen LogP contribution in [0.25, 0.3) is 0 Å². The third-order valence-corrected chi connectivity index (χ3v) is 7.81. The minimum absolute atomic E-state index is 0. The number of carbonyl (C=O) groups is 1. The van der Waals surface area contributed by atoms with Crippen LogP contribution in [-0.2, 0) is 21.2 Å². The lowest BCUT2D eigenvalue weighted by atomic mass is 9.79. The molecular formula is C20H32ClN3O3S. The van der Waals surface area contributed by atoms with Gasteiger partial charge in [0.15, 0.2) is 0 Å². The molecule has 0 aromatic heterocycles. The number of hydrogen-bond donors (Lipinski definition) is 1. The summed E-state index contributed by atoms with van der Waals surface area (Å²) in [6.07, 6.45) is 4.02. The van der Waals surface area contributed by atoms with Gasteiger partial charge in [-0.05, 0) is 42.4 Å². The molecule has 0 aliphatic carbocycles. The van der Waals surface area contributed by atoms with E-state index in [9.17, 15) is 13.2 Å². The molecule has 2 heterocycles. The molecule has 0 bridgehead atoms. The Morgan fingerprint density at radius 2 is 1.71 bits per heavy atom. The third kappa shape index (κ3) is 5.06. The number of likely N-dealkylation sites (tertiary alicyclic amines) is 1. The molecule has 2 saturated heterocycles. The fourth-order valence-electron chi connectivity index (χ4n) is 3.91. The molecule has 2 aliphatic rings. The minimum atomic E-state index is -3.43. The van der Waals surface area contributed by atoms with Gasteiger partial charge in [-0.1, -0.05) is 32.4 Å². The highest BCUT2D eigenvalue weighted by Crippen LogP contribution is 2.28. The second-order valence-corrected chi connectivity index (χ2v) is 10.4. The number of benzene rings is 1. The normalized spacial score (nSPS) is 23.1. The van der Waals surface area contributed by atoms with E-state index in [2.05, 4.69) is 13.8 Å². The molecule has 158 valence electrons. The Morgan fingerprint density at radius 1 is 1.11 bits per heavy atom. The summed E-state index contributed by atoms with van der Waals surface area (Å²) in [5.41, 5.74) is 6.90. The second-order valence-electron chi connectivity index (χ2n) is 8.48. The van der Waals surface area contributed by atoms with Crippen molar-refractivity contribution < 1.29 is 13.2 Å². The quantitative estimate of drug-likeness (QED) is 0.796. The van der Waals surface area contributed by atoms with Gasteiger partial charge in [0.2, 0.25) is 15.9 Å². The van der Waals surface area contributed by atoms with Crippen molar-refractivity contribution in [1.82, 2.24) is 9.21 Å². The van der Waals surface area contributed by atoms with Crippen molar-refractivity contribution in [3.8, 4) is 0 Å². The second kappa shape index (κ2) is 9.11. The summed E-state index contributed by atoms with van der Waals surface area (Å²) in [6, 6.07) is 6.89. The summed E-state index contributed by atoms with van der Waals surface area (Å²) in [4.78, 5) is 14.8. The van der Waals surface area contributed by atoms with Crippen LogP contribution in [-0.4, -0.2) is 55.8 Å². The Balaban J connectivity index is 0.00000280. The van der Waals surface area contributed by atoms with E-state index in [0.29, 0.717) is 31.1 Å². The van der Waals surface area contributed by atoms with Crippen molar-refractivity contribution in [2.45, 2.75) is 56.9 Å². The summed E-state index contributed by atoms with van der Waals surface area (Å²) in [5, 5.41) is 0. The number of rotatable bonds is 4. The van der Waals surface area contributed by atoms with Gasteiger partial charge in [-0.15, -0.1) is 12.4 Å². The maximum atomic E-state index is 12.7. The van der Waals surface area contributed by atoms with Gasteiger partial charge in [-0.25, -0.2) is 8.42 Å². The largest absolute Gasteiger partial charge is 0.342 e. The predicted molar refractivity (Wildman–Crippen MR) is 113 cm³/mol. The van der Waals surface area contributed by atoms with Crippen LogP contribution in [0.1, 0.15) is 45.1 Å². The molecule has 1 aromatic carbocycles. The van der Waals surface area contributed by atoms with E-state index in [1.54, 1.807) is 28.6 Å². The van der Waals surface area contributed by atoms with Crippen molar-refractivity contribution in [3.63, 3.8) is 0 Å². The van der Waals surface area contributed by atoms with E-state index < -0.39 is 10.0 Å². The molecule has 2 N–H and O–H groups in total. The molecule has 1 unspecified atom stereocenters. The van der Waals surface area contributed by atoms with Gasteiger partial charge in [0.05, 0.1) is 11.3 Å². The third-order valence-electron chi connectivity index (χ3n) is 5.90. The van der Waals surface area contributed by atoms with Crippen LogP contribution in [0.5, 0.6) is 0 Å². The maximum Gasteiger partial charge on any atom is 0.243 e. The fraction of sp³-hybridized carbons (Fsp3) is 0.650. The van der Waals surface area contributed by atoms with Gasteiger partial charge in [-0.3, -0.25) is 4.79 Å². The first-order valence-corrected chi connectivity index (χ1v) is 11.3. The van der Waals surface area contributed by atoms with Crippen LogP contribution >= 0.6 is 12.4 Å². The Labute approximate surface area is 174 Å². The molecule has 1 aromatic rings. The minimum Gasteiger partial charge on any atom is -0.342 e. The van der Waals surface area contributed by atoms with E-state index in [4.69, 9.17) is 5.73 Å². The van der Waals surface area contributed by atoms with E-state index in [1.807, 2.05) is 4.90 Å². The first-order chi connectivity index (χ1) is 12.7. The molecule has 0 spiro atoms. The van der Waals surface area contributed by atoms with Gasteiger partial charge in [0.25, 0.3) is 0 Å². The highest BCUT2D eigenvalue weighted by molar-refractivity contribution is 7.89. The number of carbonyl (C=O) groups excluding carboxylic acids is 1. The van der Waals surface area contributed by atoms with Gasteiger partial charge >= 0.3 is 0 Å². The predicted octanol–water partition coefficient (Wildman–Crippen LogP) is 2.41. The zero-order valence-corrected chi connectivity index (χ0v) is 18.4. The number of hydrogen-bond acceptors (Lipinski definition) is 4. The highest BCUT2D eigenvalue weighted by atomic mass is 35.5.